The summed E-state index contributed by atoms with van der Waals surface area (Å²) in [5.41, 5.74) is 2.02. The molecule has 1 amide bonds. The number of aryl methyl sites for hydroxylation is 2. The van der Waals surface area contributed by atoms with Crippen LogP contribution in [0.2, 0.25) is 0 Å². The number of carbonyl (C=O) groups is 1. The molecule has 0 bridgehead atoms. The predicted molar refractivity (Wildman–Crippen MR) is 86.3 cm³/mol. The van der Waals surface area contributed by atoms with Crippen LogP contribution in [0.15, 0.2) is 17.0 Å². The third-order valence-electron chi connectivity index (χ3n) is 3.01. The van der Waals surface area contributed by atoms with Crippen LogP contribution in [-0.2, 0) is 20.3 Å². The van der Waals surface area contributed by atoms with Crippen molar-refractivity contribution in [1.82, 2.24) is 0 Å². The lowest BCUT2D eigenvalue weighted by Gasteiger charge is -2.19. The highest BCUT2D eigenvalue weighted by Gasteiger charge is 2.19. The average Bonchev–Trinajstić information content (AvgIpc) is 2.27. The number of halogens is 1. The van der Waals surface area contributed by atoms with Crippen molar-refractivity contribution in [2.75, 3.05) is 5.32 Å². The maximum atomic E-state index is 12.1. The van der Waals surface area contributed by atoms with Gasteiger partial charge in [-0.05, 0) is 42.0 Å². The van der Waals surface area contributed by atoms with Crippen molar-refractivity contribution < 1.29 is 13.2 Å². The van der Waals surface area contributed by atoms with Gasteiger partial charge in [-0.25, -0.2) is 8.42 Å². The molecule has 0 unspecified atom stereocenters. The highest BCUT2D eigenvalue weighted by atomic mass is 35.7. The van der Waals surface area contributed by atoms with Crippen LogP contribution in [0.1, 0.15) is 45.2 Å². The van der Waals surface area contributed by atoms with E-state index in [2.05, 4.69) is 5.32 Å². The van der Waals surface area contributed by atoms with Crippen molar-refractivity contribution in [1.29, 1.82) is 0 Å². The number of carbonyl (C=O) groups excluding carboxylic acids is 1. The molecule has 1 rings (SSSR count). The normalized spacial score (nSPS) is 12.3. The highest BCUT2D eigenvalue weighted by Crippen LogP contribution is 2.28. The van der Waals surface area contributed by atoms with E-state index in [0.717, 1.165) is 5.56 Å². The number of nitrogens with one attached hydrogen (secondary N) is 1. The van der Waals surface area contributed by atoms with Gasteiger partial charge in [0.2, 0.25) is 5.91 Å². The molecule has 118 valence electrons. The summed E-state index contributed by atoms with van der Waals surface area (Å²) in [6, 6.07) is 3.00. The summed E-state index contributed by atoms with van der Waals surface area (Å²) in [5.74, 6) is -0.0817. The molecule has 0 fully saturated rings. The number of benzene rings is 1. The van der Waals surface area contributed by atoms with Crippen molar-refractivity contribution in [2.24, 2.45) is 5.41 Å². The van der Waals surface area contributed by atoms with E-state index in [1.807, 2.05) is 27.7 Å². The van der Waals surface area contributed by atoms with Gasteiger partial charge in [0.15, 0.2) is 0 Å². The summed E-state index contributed by atoms with van der Waals surface area (Å²) in [6.45, 7) is 9.63. The van der Waals surface area contributed by atoms with E-state index in [1.54, 1.807) is 6.92 Å². The first-order chi connectivity index (χ1) is 9.44. The van der Waals surface area contributed by atoms with Crippen LogP contribution >= 0.6 is 10.7 Å². The minimum atomic E-state index is -3.77. The Labute approximate surface area is 131 Å². The molecule has 1 N–H and O–H groups in total. The van der Waals surface area contributed by atoms with Crippen LogP contribution < -0.4 is 5.32 Å². The molecule has 0 aliphatic heterocycles. The highest BCUT2D eigenvalue weighted by molar-refractivity contribution is 8.13. The second kappa shape index (κ2) is 6.36. The molecular weight excluding hydrogens is 310 g/mol. The van der Waals surface area contributed by atoms with Crippen molar-refractivity contribution in [3.8, 4) is 0 Å². The van der Waals surface area contributed by atoms with E-state index in [1.165, 1.54) is 12.1 Å². The van der Waals surface area contributed by atoms with Crippen molar-refractivity contribution >= 4 is 31.3 Å². The first kappa shape index (κ1) is 18.0. The Morgan fingerprint density at radius 1 is 1.29 bits per heavy atom. The first-order valence-electron chi connectivity index (χ1n) is 6.82. The maximum Gasteiger partial charge on any atom is 0.261 e. The van der Waals surface area contributed by atoms with E-state index in [-0.39, 0.29) is 16.2 Å². The van der Waals surface area contributed by atoms with Gasteiger partial charge in [0, 0.05) is 22.8 Å². The van der Waals surface area contributed by atoms with Gasteiger partial charge in [-0.1, -0.05) is 27.7 Å². The molecule has 1 aromatic rings. The number of anilines is 1. The summed E-state index contributed by atoms with van der Waals surface area (Å²) in [6.07, 6.45) is 0.997. The molecule has 0 saturated carbocycles. The molecule has 4 nitrogen and oxygen atoms in total. The standard InChI is InChI=1S/C15H22ClNO3S/c1-6-11-8-12(21(16,19)20)7-10(2)14(11)17-13(18)9-15(3,4)5/h7-8H,6,9H2,1-5H3,(H,17,18). The second-order valence-electron chi connectivity index (χ2n) is 6.35. The molecule has 0 radical (unpaired) electrons. The van der Waals surface area contributed by atoms with Gasteiger partial charge in [-0.2, -0.15) is 0 Å². The molecule has 0 aliphatic carbocycles. The molecule has 0 aliphatic rings. The molecule has 0 heterocycles. The fraction of sp³-hybridized carbons (Fsp3) is 0.533. The number of rotatable bonds is 4. The Hall–Kier alpha value is -1.07. The van der Waals surface area contributed by atoms with E-state index in [0.29, 0.717) is 24.1 Å². The van der Waals surface area contributed by atoms with Gasteiger partial charge in [-0.3, -0.25) is 4.79 Å². The van der Waals surface area contributed by atoms with Gasteiger partial charge >= 0.3 is 0 Å². The van der Waals surface area contributed by atoms with E-state index in [4.69, 9.17) is 10.7 Å². The lowest BCUT2D eigenvalue weighted by Crippen LogP contribution is -2.21. The molecule has 1 aromatic carbocycles. The zero-order chi connectivity index (χ0) is 16.4. The Morgan fingerprint density at radius 2 is 1.86 bits per heavy atom. The topological polar surface area (TPSA) is 63.2 Å². The van der Waals surface area contributed by atoms with Gasteiger partial charge in [0.05, 0.1) is 4.90 Å². The van der Waals surface area contributed by atoms with Crippen LogP contribution in [0.3, 0.4) is 0 Å². The van der Waals surface area contributed by atoms with Crippen molar-refractivity contribution in [2.45, 2.75) is 52.4 Å². The molecule has 0 spiro atoms. The lowest BCUT2D eigenvalue weighted by molar-refractivity contribution is -0.117. The average molecular weight is 332 g/mol. The van der Waals surface area contributed by atoms with Crippen molar-refractivity contribution in [3.05, 3.63) is 23.3 Å². The molecular formula is C15H22ClNO3S. The van der Waals surface area contributed by atoms with Crippen LogP contribution in [0.25, 0.3) is 0 Å². The van der Waals surface area contributed by atoms with E-state index < -0.39 is 9.05 Å². The Morgan fingerprint density at radius 3 is 2.29 bits per heavy atom. The Kier molecular flexibility index (Phi) is 5.45. The fourth-order valence-corrected chi connectivity index (χ4v) is 2.96. The zero-order valence-electron chi connectivity index (χ0n) is 13.1. The summed E-state index contributed by atoms with van der Waals surface area (Å²) >= 11 is 0. The number of hydrogen-bond donors (Lipinski definition) is 1. The summed E-state index contributed by atoms with van der Waals surface area (Å²) < 4.78 is 22.9. The predicted octanol–water partition coefficient (Wildman–Crippen LogP) is 3.86. The molecule has 21 heavy (non-hydrogen) atoms. The molecule has 0 saturated heterocycles. The fourth-order valence-electron chi connectivity index (χ4n) is 2.09. The number of hydrogen-bond acceptors (Lipinski definition) is 3. The van der Waals surface area contributed by atoms with Gasteiger partial charge in [0.25, 0.3) is 9.05 Å². The Bertz CT molecular complexity index is 646. The van der Waals surface area contributed by atoms with Gasteiger partial charge in [0.1, 0.15) is 0 Å². The minimum absolute atomic E-state index is 0.0623. The quantitative estimate of drug-likeness (QED) is 0.852. The molecule has 6 heteroatoms. The van der Waals surface area contributed by atoms with Crippen LogP contribution in [0.4, 0.5) is 5.69 Å². The largest absolute Gasteiger partial charge is 0.326 e. The summed E-state index contributed by atoms with van der Waals surface area (Å²) in [5, 5.41) is 2.89. The third kappa shape index (κ3) is 5.32. The number of amides is 1. The lowest BCUT2D eigenvalue weighted by atomic mass is 9.92. The minimum Gasteiger partial charge on any atom is -0.326 e. The van der Waals surface area contributed by atoms with Gasteiger partial charge in [-0.15, -0.1) is 0 Å². The zero-order valence-corrected chi connectivity index (χ0v) is 14.7. The third-order valence-corrected chi connectivity index (χ3v) is 4.34. The van der Waals surface area contributed by atoms with E-state index in [9.17, 15) is 13.2 Å². The van der Waals surface area contributed by atoms with Crippen LogP contribution in [-0.4, -0.2) is 14.3 Å². The first-order valence-corrected chi connectivity index (χ1v) is 9.13. The van der Waals surface area contributed by atoms with Crippen LogP contribution in [0, 0.1) is 12.3 Å². The van der Waals surface area contributed by atoms with Crippen LogP contribution in [0.5, 0.6) is 0 Å². The SMILES string of the molecule is CCc1cc(S(=O)(=O)Cl)cc(C)c1NC(=O)CC(C)(C)C. The summed E-state index contributed by atoms with van der Waals surface area (Å²) in [7, 11) is 1.62. The smallest absolute Gasteiger partial charge is 0.261 e. The maximum absolute atomic E-state index is 12.1. The van der Waals surface area contributed by atoms with E-state index >= 15 is 0 Å². The van der Waals surface area contributed by atoms with Crippen molar-refractivity contribution in [3.63, 3.8) is 0 Å². The molecule has 0 aromatic heterocycles. The van der Waals surface area contributed by atoms with Gasteiger partial charge < -0.3 is 5.32 Å². The second-order valence-corrected chi connectivity index (χ2v) is 8.92. The monoisotopic (exact) mass is 331 g/mol. The molecule has 0 atom stereocenters. The Balaban J connectivity index is 3.17. The summed E-state index contributed by atoms with van der Waals surface area (Å²) in [4.78, 5) is 12.1.